The number of benzene rings is 3. The van der Waals surface area contributed by atoms with E-state index in [2.05, 4.69) is 20.8 Å². The Labute approximate surface area is 302 Å². The fourth-order valence-electron chi connectivity index (χ4n) is 5.33. The number of thioether (sulfide) groups is 2. The maximum Gasteiger partial charge on any atom is 0.408 e. The number of hydrogen-bond acceptors (Lipinski definition) is 11. The van der Waals surface area contributed by atoms with Gasteiger partial charge in [0, 0.05) is 10.7 Å². The summed E-state index contributed by atoms with van der Waals surface area (Å²) in [5, 5.41) is 14.1. The number of carbonyl (C=O) groups is 4. The minimum Gasteiger partial charge on any atom is -0.448 e. The van der Waals surface area contributed by atoms with Crippen LogP contribution in [-0.2, 0) is 36.8 Å². The van der Waals surface area contributed by atoms with Gasteiger partial charge in [-0.05, 0) is 37.5 Å². The average molecular weight is 730 g/mol. The summed E-state index contributed by atoms with van der Waals surface area (Å²) in [6.45, 7) is 5.45. The summed E-state index contributed by atoms with van der Waals surface area (Å²) >= 11 is 3.92. The van der Waals surface area contributed by atoms with E-state index in [1.165, 1.54) is 39.8 Å². The fourth-order valence-corrected chi connectivity index (χ4v) is 8.80. The molecule has 11 nitrogen and oxygen atoms in total. The highest BCUT2D eigenvalue weighted by molar-refractivity contribution is 8.07. The van der Waals surface area contributed by atoms with Crippen LogP contribution < -0.4 is 10.6 Å². The molecule has 50 heavy (non-hydrogen) atoms. The van der Waals surface area contributed by atoms with Crippen molar-refractivity contribution in [2.45, 2.75) is 61.2 Å². The Kier molecular flexibility index (Phi) is 10.9. The van der Waals surface area contributed by atoms with Crippen LogP contribution in [0.15, 0.2) is 106 Å². The summed E-state index contributed by atoms with van der Waals surface area (Å²) in [6, 6.07) is 27.3. The van der Waals surface area contributed by atoms with Gasteiger partial charge in [0.15, 0.2) is 10.4 Å². The van der Waals surface area contributed by atoms with Crippen LogP contribution in [0, 0.1) is 0 Å². The first-order valence-electron chi connectivity index (χ1n) is 15.8. The quantitative estimate of drug-likeness (QED) is 0.143. The van der Waals surface area contributed by atoms with Gasteiger partial charge in [-0.25, -0.2) is 9.59 Å². The van der Waals surface area contributed by atoms with Crippen LogP contribution in [0.25, 0.3) is 0 Å². The molecule has 3 heterocycles. The van der Waals surface area contributed by atoms with E-state index in [9.17, 15) is 19.2 Å². The summed E-state index contributed by atoms with van der Waals surface area (Å²) in [7, 11) is 0. The van der Waals surface area contributed by atoms with Crippen LogP contribution in [0.1, 0.15) is 48.6 Å². The minimum atomic E-state index is -0.795. The number of hydrogen-bond donors (Lipinski definition) is 2. The van der Waals surface area contributed by atoms with Crippen molar-refractivity contribution in [3.05, 3.63) is 123 Å². The molecule has 2 atom stereocenters. The van der Waals surface area contributed by atoms with Crippen LogP contribution in [0.2, 0.25) is 0 Å². The average Bonchev–Trinajstić information content (AvgIpc) is 3.56. The number of ether oxygens (including phenoxy) is 2. The first-order valence-corrected chi connectivity index (χ1v) is 18.5. The van der Waals surface area contributed by atoms with Crippen molar-refractivity contribution in [2.24, 2.45) is 0 Å². The topological polar surface area (TPSA) is 140 Å². The van der Waals surface area contributed by atoms with Crippen molar-refractivity contribution >= 4 is 58.7 Å². The Bertz CT molecular complexity index is 1840. The molecule has 6 rings (SSSR count). The summed E-state index contributed by atoms with van der Waals surface area (Å²) in [4.78, 5) is 55.1. The third-order valence-electron chi connectivity index (χ3n) is 7.52. The molecular weight excluding hydrogens is 695 g/mol. The van der Waals surface area contributed by atoms with E-state index < -0.39 is 41.1 Å². The first-order chi connectivity index (χ1) is 24.1. The standard InChI is InChI=1S/C36H35N5O6S3/c1-36(2,3)47-34(45)37-20-27-39-40-35(50-27)49-25-21-48-32-28(38-26(42)19-22-13-7-4-8-14-22)31(43)41(32)29(25)33(44)46-30(23-15-9-5-10-16-23)24-17-11-6-12-18-24/h4-18,28,30,32H,19-21H2,1-3H3,(H,37,45)(H,38,42)/t28-,32+/m1/s1. The molecular formula is C36H35N5O6S3. The maximum absolute atomic E-state index is 14.3. The molecule has 2 N–H and O–H groups in total. The number of alkyl carbamates (subject to hydrolysis) is 1. The molecule has 1 aromatic heterocycles. The van der Waals surface area contributed by atoms with Crippen LogP contribution >= 0.6 is 34.9 Å². The molecule has 2 aliphatic heterocycles. The van der Waals surface area contributed by atoms with Gasteiger partial charge in [-0.1, -0.05) is 114 Å². The van der Waals surface area contributed by atoms with Crippen molar-refractivity contribution in [3.63, 3.8) is 0 Å². The van der Waals surface area contributed by atoms with Crippen molar-refractivity contribution in [2.75, 3.05) is 5.75 Å². The second kappa shape index (κ2) is 15.5. The van der Waals surface area contributed by atoms with E-state index in [4.69, 9.17) is 9.47 Å². The smallest absolute Gasteiger partial charge is 0.408 e. The lowest BCUT2D eigenvalue weighted by atomic mass is 10.0. The number of carbonyl (C=O) groups excluding carboxylic acids is 4. The van der Waals surface area contributed by atoms with Gasteiger partial charge in [0.2, 0.25) is 5.91 Å². The Hall–Kier alpha value is -4.66. The van der Waals surface area contributed by atoms with Crippen molar-refractivity contribution in [3.8, 4) is 0 Å². The molecule has 258 valence electrons. The van der Waals surface area contributed by atoms with Gasteiger partial charge in [-0.15, -0.1) is 22.0 Å². The summed E-state index contributed by atoms with van der Waals surface area (Å²) in [5.74, 6) is -0.989. The number of nitrogens with one attached hydrogen (secondary N) is 2. The number of rotatable bonds is 11. The molecule has 0 saturated carbocycles. The van der Waals surface area contributed by atoms with E-state index in [-0.39, 0.29) is 24.6 Å². The number of esters is 1. The van der Waals surface area contributed by atoms with E-state index in [0.717, 1.165) is 16.7 Å². The van der Waals surface area contributed by atoms with Gasteiger partial charge in [0.05, 0.1) is 13.0 Å². The van der Waals surface area contributed by atoms with Crippen molar-refractivity contribution < 1.29 is 28.7 Å². The zero-order chi connectivity index (χ0) is 35.3. The van der Waals surface area contributed by atoms with Gasteiger partial charge in [0.25, 0.3) is 5.91 Å². The predicted molar refractivity (Wildman–Crippen MR) is 192 cm³/mol. The molecule has 2 aliphatic rings. The monoisotopic (exact) mass is 729 g/mol. The van der Waals surface area contributed by atoms with Gasteiger partial charge in [0.1, 0.15) is 27.7 Å². The molecule has 4 aromatic rings. The lowest BCUT2D eigenvalue weighted by Gasteiger charge is -2.49. The van der Waals surface area contributed by atoms with E-state index >= 15 is 0 Å². The minimum absolute atomic E-state index is 0.109. The predicted octanol–water partition coefficient (Wildman–Crippen LogP) is 5.84. The Morgan fingerprint density at radius 1 is 0.940 bits per heavy atom. The highest BCUT2D eigenvalue weighted by atomic mass is 32.2. The maximum atomic E-state index is 14.3. The highest BCUT2D eigenvalue weighted by Crippen LogP contribution is 2.46. The molecule has 1 fully saturated rings. The number of nitrogens with zero attached hydrogens (tertiary/aromatic N) is 3. The fraction of sp³-hybridized carbons (Fsp3) is 0.278. The molecule has 0 bridgehead atoms. The van der Waals surface area contributed by atoms with Gasteiger partial charge >= 0.3 is 12.1 Å². The molecule has 1 saturated heterocycles. The summed E-state index contributed by atoms with van der Waals surface area (Å²) in [5.41, 5.74) is 1.85. The first kappa shape index (κ1) is 35.2. The third kappa shape index (κ3) is 8.55. The summed E-state index contributed by atoms with van der Waals surface area (Å²) in [6.07, 6.45) is -1.18. The normalized spacial score (nSPS) is 17.1. The molecule has 0 spiro atoms. The largest absolute Gasteiger partial charge is 0.448 e. The highest BCUT2D eigenvalue weighted by Gasteiger charge is 2.55. The molecule has 0 unspecified atom stereocenters. The Balaban J connectivity index is 1.25. The molecule has 0 radical (unpaired) electrons. The number of aromatic nitrogens is 2. The molecule has 0 aliphatic carbocycles. The van der Waals surface area contributed by atoms with Crippen LogP contribution in [0.5, 0.6) is 0 Å². The Morgan fingerprint density at radius 3 is 2.18 bits per heavy atom. The molecule has 3 aromatic carbocycles. The zero-order valence-electron chi connectivity index (χ0n) is 27.5. The van der Waals surface area contributed by atoms with E-state index in [1.54, 1.807) is 20.8 Å². The molecule has 14 heteroatoms. The third-order valence-corrected chi connectivity index (χ3v) is 11.0. The van der Waals surface area contributed by atoms with Gasteiger partial charge in [-0.2, -0.15) is 0 Å². The van der Waals surface area contributed by atoms with Crippen LogP contribution in [0.3, 0.4) is 0 Å². The van der Waals surface area contributed by atoms with Crippen molar-refractivity contribution in [1.29, 1.82) is 0 Å². The lowest BCUT2D eigenvalue weighted by molar-refractivity contribution is -0.154. The number of amides is 3. The second-order valence-electron chi connectivity index (χ2n) is 12.4. The molecule has 3 amide bonds. The van der Waals surface area contributed by atoms with Crippen LogP contribution in [-0.4, -0.2) is 61.7 Å². The SMILES string of the molecule is CC(C)(C)OC(=O)NCc1nnc(SC2=C(C(=O)OC(c3ccccc3)c3ccccc3)N3C(=O)[C@@H](NC(=O)Cc4ccccc4)[C@@H]3SC2)s1. The van der Waals surface area contributed by atoms with Gasteiger partial charge < -0.3 is 20.1 Å². The zero-order valence-corrected chi connectivity index (χ0v) is 30.0. The van der Waals surface area contributed by atoms with Crippen molar-refractivity contribution in [1.82, 2.24) is 25.7 Å². The van der Waals surface area contributed by atoms with Gasteiger partial charge in [-0.3, -0.25) is 14.5 Å². The number of fused-ring (bicyclic) bond motifs is 1. The Morgan fingerprint density at radius 2 is 1.56 bits per heavy atom. The summed E-state index contributed by atoms with van der Waals surface area (Å²) < 4.78 is 12.1. The van der Waals surface area contributed by atoms with E-state index in [1.807, 2.05) is 91.0 Å². The second-order valence-corrected chi connectivity index (χ2v) is 15.9. The van der Waals surface area contributed by atoms with E-state index in [0.29, 0.717) is 20.0 Å². The van der Waals surface area contributed by atoms with Crippen LogP contribution in [0.4, 0.5) is 4.79 Å². The number of β-lactam (4-membered cyclic amide) rings is 1. The lowest BCUT2D eigenvalue weighted by Crippen LogP contribution is -2.70.